The highest BCUT2D eigenvalue weighted by molar-refractivity contribution is 9.10. The highest BCUT2D eigenvalue weighted by Gasteiger charge is 2.24. The molecule has 94 valence electrons. The highest BCUT2D eigenvalue weighted by atomic mass is 79.9. The molecular formula is C15H9BrFNO. The molecule has 0 N–H and O–H groups in total. The van der Waals surface area contributed by atoms with Gasteiger partial charge in [0.05, 0.1) is 11.6 Å². The van der Waals surface area contributed by atoms with Crippen LogP contribution in [0.4, 0.5) is 4.39 Å². The summed E-state index contributed by atoms with van der Waals surface area (Å²) >= 11 is 3.28. The van der Waals surface area contributed by atoms with Gasteiger partial charge >= 0.3 is 0 Å². The Hall–Kier alpha value is -1.99. The van der Waals surface area contributed by atoms with Crippen molar-refractivity contribution in [3.8, 4) is 6.07 Å². The van der Waals surface area contributed by atoms with Gasteiger partial charge in [0.2, 0.25) is 0 Å². The fourth-order valence-corrected chi connectivity index (χ4v) is 2.20. The summed E-state index contributed by atoms with van der Waals surface area (Å²) in [6.45, 7) is 0. The van der Waals surface area contributed by atoms with E-state index in [9.17, 15) is 14.4 Å². The molecule has 0 radical (unpaired) electrons. The Morgan fingerprint density at radius 3 is 2.58 bits per heavy atom. The quantitative estimate of drug-likeness (QED) is 0.800. The second kappa shape index (κ2) is 5.77. The van der Waals surface area contributed by atoms with Crippen molar-refractivity contribution in [2.24, 2.45) is 0 Å². The van der Waals surface area contributed by atoms with Crippen molar-refractivity contribution in [3.63, 3.8) is 0 Å². The lowest BCUT2D eigenvalue weighted by atomic mass is 9.92. The minimum atomic E-state index is -1.01. The van der Waals surface area contributed by atoms with Gasteiger partial charge in [-0.25, -0.2) is 4.39 Å². The van der Waals surface area contributed by atoms with Gasteiger partial charge in [0, 0.05) is 4.47 Å². The Kier molecular flexibility index (Phi) is 4.08. The maximum atomic E-state index is 13.6. The molecule has 2 aromatic rings. The summed E-state index contributed by atoms with van der Waals surface area (Å²) in [6.07, 6.45) is 0. The van der Waals surface area contributed by atoms with Crippen LogP contribution in [0, 0.1) is 17.1 Å². The van der Waals surface area contributed by atoms with Crippen LogP contribution in [-0.4, -0.2) is 5.78 Å². The monoisotopic (exact) mass is 317 g/mol. The molecule has 2 aromatic carbocycles. The molecule has 2 nitrogen and oxygen atoms in total. The van der Waals surface area contributed by atoms with E-state index in [0.29, 0.717) is 5.56 Å². The zero-order chi connectivity index (χ0) is 13.8. The maximum absolute atomic E-state index is 13.6. The van der Waals surface area contributed by atoms with Gasteiger partial charge in [0.25, 0.3) is 0 Å². The van der Waals surface area contributed by atoms with E-state index in [0.717, 1.165) is 4.47 Å². The predicted molar refractivity (Wildman–Crippen MR) is 73.2 cm³/mol. The van der Waals surface area contributed by atoms with Crippen LogP contribution in [0.5, 0.6) is 0 Å². The molecule has 0 aliphatic rings. The zero-order valence-electron chi connectivity index (χ0n) is 9.81. The molecule has 0 aliphatic heterocycles. The third-order valence-electron chi connectivity index (χ3n) is 2.71. The molecule has 0 spiro atoms. The number of carbonyl (C=O) groups is 1. The third kappa shape index (κ3) is 2.88. The number of halogens is 2. The van der Waals surface area contributed by atoms with E-state index in [1.165, 1.54) is 18.2 Å². The van der Waals surface area contributed by atoms with Crippen molar-refractivity contribution in [1.82, 2.24) is 0 Å². The van der Waals surface area contributed by atoms with Gasteiger partial charge in [-0.1, -0.05) is 40.2 Å². The fourth-order valence-electron chi connectivity index (χ4n) is 1.79. The molecule has 1 atom stereocenters. The summed E-state index contributed by atoms with van der Waals surface area (Å²) in [5.74, 6) is -2.14. The van der Waals surface area contributed by atoms with Gasteiger partial charge in [-0.3, -0.25) is 4.79 Å². The molecule has 0 aromatic heterocycles. The maximum Gasteiger partial charge on any atom is 0.187 e. The Labute approximate surface area is 118 Å². The second-order valence-electron chi connectivity index (χ2n) is 3.96. The minimum absolute atomic E-state index is 0.0611. The fraction of sp³-hybridized carbons (Fsp3) is 0.0667. The summed E-state index contributed by atoms with van der Waals surface area (Å²) in [6, 6.07) is 14.5. The Bertz CT molecular complexity index is 663. The molecule has 0 saturated carbocycles. The number of Topliss-reactive ketones (excluding diaryl/α,β-unsaturated/α-hetero) is 1. The summed E-state index contributed by atoms with van der Waals surface area (Å²) < 4.78 is 14.4. The lowest BCUT2D eigenvalue weighted by Crippen LogP contribution is -2.12. The molecule has 0 fully saturated rings. The molecule has 4 heteroatoms. The lowest BCUT2D eigenvalue weighted by Gasteiger charge is -2.09. The summed E-state index contributed by atoms with van der Waals surface area (Å²) in [4.78, 5) is 12.2. The lowest BCUT2D eigenvalue weighted by molar-refractivity contribution is 0.0975. The smallest absolute Gasteiger partial charge is 0.187 e. The number of ketones is 1. The van der Waals surface area contributed by atoms with E-state index in [4.69, 9.17) is 0 Å². The Balaban J connectivity index is 2.42. The van der Waals surface area contributed by atoms with Gasteiger partial charge < -0.3 is 0 Å². The first-order valence-electron chi connectivity index (χ1n) is 5.57. The van der Waals surface area contributed by atoms with Crippen molar-refractivity contribution in [1.29, 1.82) is 5.26 Å². The van der Waals surface area contributed by atoms with E-state index in [-0.39, 0.29) is 5.56 Å². The minimum Gasteiger partial charge on any atom is -0.292 e. The van der Waals surface area contributed by atoms with Crippen molar-refractivity contribution in [3.05, 3.63) is 69.9 Å². The SMILES string of the molecule is N#CC(C(=O)c1ccccc1F)c1cccc(Br)c1. The Morgan fingerprint density at radius 2 is 1.95 bits per heavy atom. The van der Waals surface area contributed by atoms with Crippen LogP contribution in [0.1, 0.15) is 21.8 Å². The van der Waals surface area contributed by atoms with Gasteiger partial charge in [0.1, 0.15) is 11.7 Å². The average Bonchev–Trinajstić information content (AvgIpc) is 2.40. The highest BCUT2D eigenvalue weighted by Crippen LogP contribution is 2.24. The standard InChI is InChI=1S/C15H9BrFNO/c16-11-5-3-4-10(8-11)13(9-18)15(19)12-6-1-2-7-14(12)17/h1-8,13H. The van der Waals surface area contributed by atoms with Crippen molar-refractivity contribution in [2.75, 3.05) is 0 Å². The van der Waals surface area contributed by atoms with Crippen LogP contribution in [0.15, 0.2) is 53.0 Å². The van der Waals surface area contributed by atoms with Crippen LogP contribution in [0.25, 0.3) is 0 Å². The number of hydrogen-bond donors (Lipinski definition) is 0. The predicted octanol–water partition coefficient (Wildman–Crippen LogP) is 4.08. The number of nitriles is 1. The van der Waals surface area contributed by atoms with Gasteiger partial charge in [-0.2, -0.15) is 5.26 Å². The van der Waals surface area contributed by atoms with Gasteiger partial charge in [-0.05, 0) is 29.8 Å². The van der Waals surface area contributed by atoms with Crippen molar-refractivity contribution in [2.45, 2.75) is 5.92 Å². The number of benzene rings is 2. The molecule has 0 heterocycles. The van der Waals surface area contributed by atoms with Gasteiger partial charge in [-0.15, -0.1) is 0 Å². The van der Waals surface area contributed by atoms with Crippen LogP contribution < -0.4 is 0 Å². The topological polar surface area (TPSA) is 40.9 Å². The van der Waals surface area contributed by atoms with Crippen LogP contribution in [-0.2, 0) is 0 Å². The Morgan fingerprint density at radius 1 is 1.21 bits per heavy atom. The molecule has 2 rings (SSSR count). The van der Waals surface area contributed by atoms with Crippen LogP contribution in [0.3, 0.4) is 0 Å². The molecule has 1 unspecified atom stereocenters. The third-order valence-corrected chi connectivity index (χ3v) is 3.21. The molecular weight excluding hydrogens is 309 g/mol. The van der Waals surface area contributed by atoms with E-state index in [2.05, 4.69) is 15.9 Å². The number of rotatable bonds is 3. The molecule has 0 saturated heterocycles. The van der Waals surface area contributed by atoms with E-state index >= 15 is 0 Å². The van der Waals surface area contributed by atoms with E-state index < -0.39 is 17.5 Å². The first kappa shape index (κ1) is 13.4. The van der Waals surface area contributed by atoms with Crippen molar-refractivity contribution >= 4 is 21.7 Å². The summed E-state index contributed by atoms with van der Waals surface area (Å²) in [7, 11) is 0. The normalized spacial score (nSPS) is 11.6. The largest absolute Gasteiger partial charge is 0.292 e. The number of nitrogens with zero attached hydrogens (tertiary/aromatic N) is 1. The number of hydrogen-bond acceptors (Lipinski definition) is 2. The molecule has 19 heavy (non-hydrogen) atoms. The summed E-state index contributed by atoms with van der Waals surface area (Å²) in [5.41, 5.74) is 0.485. The van der Waals surface area contributed by atoms with E-state index in [1.807, 2.05) is 6.07 Å². The first-order chi connectivity index (χ1) is 9.13. The molecule has 0 bridgehead atoms. The molecule has 0 aliphatic carbocycles. The molecule has 0 amide bonds. The summed E-state index contributed by atoms with van der Waals surface area (Å²) in [5, 5.41) is 9.18. The van der Waals surface area contributed by atoms with Gasteiger partial charge in [0.15, 0.2) is 5.78 Å². The zero-order valence-corrected chi connectivity index (χ0v) is 11.4. The number of carbonyl (C=O) groups excluding carboxylic acids is 1. The first-order valence-corrected chi connectivity index (χ1v) is 6.36. The van der Waals surface area contributed by atoms with E-state index in [1.54, 1.807) is 30.3 Å². The van der Waals surface area contributed by atoms with Crippen LogP contribution in [0.2, 0.25) is 0 Å². The average molecular weight is 318 g/mol. The van der Waals surface area contributed by atoms with Crippen LogP contribution >= 0.6 is 15.9 Å². The second-order valence-corrected chi connectivity index (χ2v) is 4.88. The van der Waals surface area contributed by atoms with Crippen molar-refractivity contribution < 1.29 is 9.18 Å².